The van der Waals surface area contributed by atoms with E-state index in [0.717, 1.165) is 23.9 Å². The molecule has 3 aliphatic heterocycles. The van der Waals surface area contributed by atoms with Crippen LogP contribution in [0.4, 0.5) is 0 Å². The van der Waals surface area contributed by atoms with Gasteiger partial charge in [0, 0.05) is 18.6 Å². The molecule has 0 amide bonds. The molecular formula is C17H33N3. The van der Waals surface area contributed by atoms with Crippen LogP contribution in [0.5, 0.6) is 0 Å². The smallest absolute Gasteiger partial charge is 0.00728 e. The average molecular weight is 279 g/mol. The molecule has 0 saturated carbocycles. The fraction of sp³-hybridized carbons (Fsp3) is 1.00. The molecule has 3 fully saturated rings. The first-order chi connectivity index (χ1) is 9.69. The largest absolute Gasteiger partial charge is 0.311 e. The summed E-state index contributed by atoms with van der Waals surface area (Å²) in [6, 6.07) is 1.72. The van der Waals surface area contributed by atoms with Gasteiger partial charge in [-0.1, -0.05) is 0 Å². The predicted molar refractivity (Wildman–Crippen MR) is 85.0 cm³/mol. The molecule has 0 radical (unpaired) electrons. The zero-order valence-corrected chi connectivity index (χ0v) is 13.5. The summed E-state index contributed by atoms with van der Waals surface area (Å²) < 4.78 is 0. The second-order valence-corrected chi connectivity index (χ2v) is 7.77. The Labute approximate surface area is 125 Å². The first-order valence-electron chi connectivity index (χ1n) is 8.82. The summed E-state index contributed by atoms with van der Waals surface area (Å²) in [5.41, 5.74) is 0. The highest BCUT2D eigenvalue weighted by Gasteiger charge is 2.33. The molecule has 3 saturated heterocycles. The highest BCUT2D eigenvalue weighted by atomic mass is 15.1. The van der Waals surface area contributed by atoms with E-state index in [1.807, 2.05) is 0 Å². The molecule has 2 bridgehead atoms. The number of hydrogen-bond donors (Lipinski definition) is 1. The van der Waals surface area contributed by atoms with Crippen LogP contribution < -0.4 is 5.32 Å². The van der Waals surface area contributed by atoms with Crippen LogP contribution in [0.3, 0.4) is 0 Å². The Balaban J connectivity index is 1.34. The predicted octanol–water partition coefficient (Wildman–Crippen LogP) is 2.18. The molecule has 3 heterocycles. The monoisotopic (exact) mass is 279 g/mol. The minimum absolute atomic E-state index is 0.859. The van der Waals surface area contributed by atoms with Crippen LogP contribution in [-0.2, 0) is 0 Å². The lowest BCUT2D eigenvalue weighted by molar-refractivity contribution is 0.166. The maximum Gasteiger partial charge on any atom is 0.00728 e. The number of piperidine rings is 2. The SMILES string of the molecule is CN1CCC(CN(C)CCC2CC3CCC(C2)N3)CC1. The van der Waals surface area contributed by atoms with Crippen LogP contribution in [0.15, 0.2) is 0 Å². The van der Waals surface area contributed by atoms with Crippen LogP contribution in [0, 0.1) is 11.8 Å². The van der Waals surface area contributed by atoms with Crippen molar-refractivity contribution in [2.24, 2.45) is 11.8 Å². The van der Waals surface area contributed by atoms with Crippen LogP contribution in [0.2, 0.25) is 0 Å². The van der Waals surface area contributed by atoms with E-state index >= 15 is 0 Å². The maximum absolute atomic E-state index is 3.76. The minimum Gasteiger partial charge on any atom is -0.311 e. The summed E-state index contributed by atoms with van der Waals surface area (Å²) in [4.78, 5) is 5.08. The summed E-state index contributed by atoms with van der Waals surface area (Å²) >= 11 is 0. The molecule has 3 aliphatic rings. The molecule has 1 N–H and O–H groups in total. The van der Waals surface area contributed by atoms with E-state index < -0.39 is 0 Å². The molecule has 2 unspecified atom stereocenters. The first kappa shape index (κ1) is 14.8. The van der Waals surface area contributed by atoms with Crippen molar-refractivity contribution in [1.29, 1.82) is 0 Å². The van der Waals surface area contributed by atoms with E-state index in [2.05, 4.69) is 29.2 Å². The second-order valence-electron chi connectivity index (χ2n) is 7.77. The molecule has 0 spiro atoms. The van der Waals surface area contributed by atoms with Gasteiger partial charge < -0.3 is 15.1 Å². The molecule has 0 aromatic heterocycles. The molecule has 20 heavy (non-hydrogen) atoms. The molecule has 3 rings (SSSR count). The lowest BCUT2D eigenvalue weighted by Crippen LogP contribution is -2.39. The van der Waals surface area contributed by atoms with Gasteiger partial charge in [-0.05, 0) is 90.5 Å². The van der Waals surface area contributed by atoms with E-state index in [-0.39, 0.29) is 0 Å². The summed E-state index contributed by atoms with van der Waals surface area (Å²) in [5, 5.41) is 3.76. The molecule has 0 aromatic carbocycles. The Morgan fingerprint density at radius 2 is 1.65 bits per heavy atom. The van der Waals surface area contributed by atoms with Crippen molar-refractivity contribution < 1.29 is 0 Å². The van der Waals surface area contributed by atoms with Crippen LogP contribution in [-0.4, -0.2) is 62.2 Å². The Kier molecular flexibility index (Phi) is 5.00. The number of rotatable bonds is 5. The summed E-state index contributed by atoms with van der Waals surface area (Å²) in [7, 11) is 4.60. The van der Waals surface area contributed by atoms with Crippen LogP contribution in [0.25, 0.3) is 0 Å². The van der Waals surface area contributed by atoms with Crippen LogP contribution in [0.1, 0.15) is 44.9 Å². The number of fused-ring (bicyclic) bond motifs is 2. The number of likely N-dealkylation sites (tertiary alicyclic amines) is 1. The van der Waals surface area contributed by atoms with Gasteiger partial charge in [-0.3, -0.25) is 0 Å². The average Bonchev–Trinajstić information content (AvgIpc) is 2.78. The van der Waals surface area contributed by atoms with Crippen molar-refractivity contribution in [2.75, 3.05) is 40.3 Å². The van der Waals surface area contributed by atoms with E-state index in [1.165, 1.54) is 71.1 Å². The molecule has 2 atom stereocenters. The normalized spacial score (nSPS) is 35.9. The molecular weight excluding hydrogens is 246 g/mol. The fourth-order valence-corrected chi connectivity index (χ4v) is 4.59. The minimum atomic E-state index is 0.859. The van der Waals surface area contributed by atoms with Gasteiger partial charge in [0.05, 0.1) is 0 Å². The Morgan fingerprint density at radius 1 is 1.00 bits per heavy atom. The summed E-state index contributed by atoms with van der Waals surface area (Å²) in [6.45, 7) is 5.24. The van der Waals surface area contributed by atoms with Gasteiger partial charge in [-0.2, -0.15) is 0 Å². The quantitative estimate of drug-likeness (QED) is 0.832. The van der Waals surface area contributed by atoms with E-state index in [1.54, 1.807) is 0 Å². The Bertz CT molecular complexity index is 287. The van der Waals surface area contributed by atoms with E-state index in [0.29, 0.717) is 0 Å². The van der Waals surface area contributed by atoms with Gasteiger partial charge in [-0.15, -0.1) is 0 Å². The number of nitrogens with zero attached hydrogens (tertiary/aromatic N) is 2. The third-order valence-corrected chi connectivity index (χ3v) is 5.90. The second kappa shape index (κ2) is 6.76. The number of nitrogens with one attached hydrogen (secondary N) is 1. The molecule has 0 aromatic rings. The van der Waals surface area contributed by atoms with Crippen molar-refractivity contribution in [2.45, 2.75) is 57.0 Å². The van der Waals surface area contributed by atoms with Gasteiger partial charge in [0.1, 0.15) is 0 Å². The lowest BCUT2D eigenvalue weighted by atomic mass is 9.89. The maximum atomic E-state index is 3.76. The highest BCUT2D eigenvalue weighted by molar-refractivity contribution is 4.92. The highest BCUT2D eigenvalue weighted by Crippen LogP contribution is 2.32. The molecule has 116 valence electrons. The van der Waals surface area contributed by atoms with Gasteiger partial charge >= 0.3 is 0 Å². The van der Waals surface area contributed by atoms with E-state index in [4.69, 9.17) is 0 Å². The van der Waals surface area contributed by atoms with Gasteiger partial charge in [0.15, 0.2) is 0 Å². The molecule has 3 heteroatoms. The number of hydrogen-bond acceptors (Lipinski definition) is 3. The zero-order valence-electron chi connectivity index (χ0n) is 13.5. The third-order valence-electron chi connectivity index (χ3n) is 5.90. The van der Waals surface area contributed by atoms with Gasteiger partial charge in [0.25, 0.3) is 0 Å². The van der Waals surface area contributed by atoms with Crippen molar-refractivity contribution in [3.8, 4) is 0 Å². The zero-order chi connectivity index (χ0) is 13.9. The van der Waals surface area contributed by atoms with E-state index in [9.17, 15) is 0 Å². The molecule has 3 nitrogen and oxygen atoms in total. The van der Waals surface area contributed by atoms with Crippen LogP contribution >= 0.6 is 0 Å². The fourth-order valence-electron chi connectivity index (χ4n) is 4.59. The third kappa shape index (κ3) is 3.96. The summed E-state index contributed by atoms with van der Waals surface area (Å²) in [5.74, 6) is 1.94. The van der Waals surface area contributed by atoms with Gasteiger partial charge in [0.2, 0.25) is 0 Å². The molecule has 0 aliphatic carbocycles. The van der Waals surface area contributed by atoms with Crippen molar-refractivity contribution >= 4 is 0 Å². The van der Waals surface area contributed by atoms with Crippen molar-refractivity contribution in [3.63, 3.8) is 0 Å². The van der Waals surface area contributed by atoms with Crippen molar-refractivity contribution in [3.05, 3.63) is 0 Å². The Morgan fingerprint density at radius 3 is 2.30 bits per heavy atom. The standard InChI is InChI=1S/C17H33N3/c1-19-8-5-14(6-9-19)13-20(2)10-7-15-11-16-3-4-17(12-15)18-16/h14-18H,3-13H2,1-2H3. The van der Waals surface area contributed by atoms with Crippen molar-refractivity contribution in [1.82, 2.24) is 15.1 Å². The summed E-state index contributed by atoms with van der Waals surface area (Å²) in [6.07, 6.45) is 9.99. The topological polar surface area (TPSA) is 18.5 Å². The van der Waals surface area contributed by atoms with Gasteiger partial charge in [-0.25, -0.2) is 0 Å². The first-order valence-corrected chi connectivity index (χ1v) is 8.82. The Hall–Kier alpha value is -0.120. The lowest BCUT2D eigenvalue weighted by Gasteiger charge is -2.33.